The van der Waals surface area contributed by atoms with Crippen molar-refractivity contribution in [2.75, 3.05) is 13.2 Å². The zero-order valence-corrected chi connectivity index (χ0v) is 11.4. The minimum Gasteiger partial charge on any atom is -0.395 e. The van der Waals surface area contributed by atoms with Crippen molar-refractivity contribution < 1.29 is 9.50 Å². The average Bonchev–Trinajstić information content (AvgIpc) is 2.40. The Morgan fingerprint density at radius 3 is 2.85 bits per heavy atom. The predicted octanol–water partition coefficient (Wildman–Crippen LogP) is 2.72. The topological polar surface area (TPSA) is 36.4 Å². The van der Waals surface area contributed by atoms with Crippen LogP contribution < -0.4 is 0 Å². The normalized spacial score (nSPS) is 15.8. The number of aliphatic hydroxyl groups is 1. The smallest absolute Gasteiger partial charge is 0.132 e. The Morgan fingerprint density at radius 1 is 1.30 bits per heavy atom. The number of pyridine rings is 1. The van der Waals surface area contributed by atoms with Crippen molar-refractivity contribution in [1.29, 1.82) is 0 Å². The molecule has 1 fully saturated rings. The number of benzene rings is 1. The Hall–Kier alpha value is -1.52. The van der Waals surface area contributed by atoms with Crippen molar-refractivity contribution in [3.8, 4) is 0 Å². The maximum Gasteiger partial charge on any atom is 0.132 e. The molecule has 0 unspecified atom stereocenters. The third kappa shape index (κ3) is 2.53. The number of fused-ring (bicyclic) bond motifs is 1. The van der Waals surface area contributed by atoms with Gasteiger partial charge in [0.25, 0.3) is 0 Å². The van der Waals surface area contributed by atoms with E-state index in [2.05, 4.69) is 9.88 Å². The highest BCUT2D eigenvalue weighted by Gasteiger charge is 2.25. The van der Waals surface area contributed by atoms with Crippen molar-refractivity contribution >= 4 is 10.9 Å². The molecule has 1 aromatic carbocycles. The standard InChI is InChI=1S/C16H19FN2O/c17-15-7-6-12(16-14(15)5-2-8-18-16)11-19(9-10-20)13-3-1-4-13/h2,5-8,13,20H,1,3-4,9-11H2. The second-order valence-corrected chi connectivity index (χ2v) is 5.38. The van der Waals surface area contributed by atoms with Crippen molar-refractivity contribution in [2.24, 2.45) is 0 Å². The molecular formula is C16H19FN2O. The lowest BCUT2D eigenvalue weighted by Gasteiger charge is -2.37. The lowest BCUT2D eigenvalue weighted by Crippen LogP contribution is -2.41. The highest BCUT2D eigenvalue weighted by molar-refractivity contribution is 5.82. The Balaban J connectivity index is 1.91. The van der Waals surface area contributed by atoms with Crippen LogP contribution in [0.5, 0.6) is 0 Å². The quantitative estimate of drug-likeness (QED) is 0.910. The number of hydrogen-bond acceptors (Lipinski definition) is 3. The first kappa shape index (κ1) is 13.5. The van der Waals surface area contributed by atoms with Gasteiger partial charge in [0.1, 0.15) is 5.82 Å². The van der Waals surface area contributed by atoms with E-state index in [1.165, 1.54) is 25.3 Å². The molecule has 0 atom stereocenters. The summed E-state index contributed by atoms with van der Waals surface area (Å²) in [6, 6.07) is 7.39. The Morgan fingerprint density at radius 2 is 2.15 bits per heavy atom. The maximum absolute atomic E-state index is 13.8. The third-order valence-corrected chi connectivity index (χ3v) is 4.15. The average molecular weight is 274 g/mol. The molecule has 1 aliphatic rings. The number of halogens is 1. The zero-order chi connectivity index (χ0) is 13.9. The lowest BCUT2D eigenvalue weighted by atomic mass is 9.91. The van der Waals surface area contributed by atoms with Crippen LogP contribution in [-0.4, -0.2) is 34.2 Å². The first-order chi connectivity index (χ1) is 9.79. The summed E-state index contributed by atoms with van der Waals surface area (Å²) in [7, 11) is 0. The van der Waals surface area contributed by atoms with Crippen molar-refractivity contribution in [2.45, 2.75) is 31.8 Å². The highest BCUT2D eigenvalue weighted by atomic mass is 19.1. The van der Waals surface area contributed by atoms with E-state index in [0.29, 0.717) is 18.0 Å². The van der Waals surface area contributed by atoms with Crippen LogP contribution in [0.1, 0.15) is 24.8 Å². The lowest BCUT2D eigenvalue weighted by molar-refractivity contribution is 0.0949. The number of hydrogen-bond donors (Lipinski definition) is 1. The molecule has 0 amide bonds. The zero-order valence-electron chi connectivity index (χ0n) is 11.4. The molecule has 1 heterocycles. The van der Waals surface area contributed by atoms with E-state index in [0.717, 1.165) is 17.6 Å². The minimum atomic E-state index is -0.228. The van der Waals surface area contributed by atoms with Crippen LogP contribution in [-0.2, 0) is 6.54 Å². The van der Waals surface area contributed by atoms with Crippen LogP contribution >= 0.6 is 0 Å². The van der Waals surface area contributed by atoms with Gasteiger partial charge in [-0.2, -0.15) is 0 Å². The second-order valence-electron chi connectivity index (χ2n) is 5.38. The highest BCUT2D eigenvalue weighted by Crippen LogP contribution is 2.28. The van der Waals surface area contributed by atoms with E-state index in [9.17, 15) is 9.50 Å². The fourth-order valence-corrected chi connectivity index (χ4v) is 2.81. The summed E-state index contributed by atoms with van der Waals surface area (Å²) in [5.41, 5.74) is 1.76. The number of rotatable bonds is 5. The summed E-state index contributed by atoms with van der Waals surface area (Å²) in [4.78, 5) is 6.61. The molecule has 2 aromatic rings. The van der Waals surface area contributed by atoms with Gasteiger partial charge in [0, 0.05) is 30.7 Å². The van der Waals surface area contributed by atoms with E-state index in [1.54, 1.807) is 18.3 Å². The van der Waals surface area contributed by atoms with Gasteiger partial charge in [0.05, 0.1) is 12.1 Å². The monoisotopic (exact) mass is 274 g/mol. The Kier molecular flexibility index (Phi) is 3.94. The summed E-state index contributed by atoms with van der Waals surface area (Å²) in [6.45, 7) is 1.54. The van der Waals surface area contributed by atoms with Gasteiger partial charge in [-0.05, 0) is 36.6 Å². The van der Waals surface area contributed by atoms with Crippen LogP contribution in [0.2, 0.25) is 0 Å². The van der Waals surface area contributed by atoms with Gasteiger partial charge in [-0.15, -0.1) is 0 Å². The molecule has 20 heavy (non-hydrogen) atoms. The molecule has 1 saturated carbocycles. The van der Waals surface area contributed by atoms with Gasteiger partial charge < -0.3 is 5.11 Å². The van der Waals surface area contributed by atoms with Gasteiger partial charge in [0.15, 0.2) is 0 Å². The van der Waals surface area contributed by atoms with E-state index >= 15 is 0 Å². The molecule has 1 aliphatic carbocycles. The number of aromatic nitrogens is 1. The van der Waals surface area contributed by atoms with Crippen molar-refractivity contribution in [1.82, 2.24) is 9.88 Å². The van der Waals surface area contributed by atoms with Crippen LogP contribution in [0.15, 0.2) is 30.5 Å². The summed E-state index contributed by atoms with van der Waals surface area (Å²) < 4.78 is 13.8. The van der Waals surface area contributed by atoms with Gasteiger partial charge in [-0.3, -0.25) is 9.88 Å². The second kappa shape index (κ2) is 5.85. The van der Waals surface area contributed by atoms with E-state index < -0.39 is 0 Å². The maximum atomic E-state index is 13.8. The van der Waals surface area contributed by atoms with Crippen LogP contribution in [0, 0.1) is 5.82 Å². The molecule has 3 rings (SSSR count). The van der Waals surface area contributed by atoms with E-state index in [-0.39, 0.29) is 12.4 Å². The summed E-state index contributed by atoms with van der Waals surface area (Å²) in [5.74, 6) is -0.228. The van der Waals surface area contributed by atoms with Crippen molar-refractivity contribution in [3.05, 3.63) is 41.8 Å². The fraction of sp³-hybridized carbons (Fsp3) is 0.438. The number of nitrogens with zero attached hydrogens (tertiary/aromatic N) is 2. The van der Waals surface area contributed by atoms with Gasteiger partial charge in [-0.25, -0.2) is 4.39 Å². The number of aliphatic hydroxyl groups excluding tert-OH is 1. The van der Waals surface area contributed by atoms with Crippen molar-refractivity contribution in [3.63, 3.8) is 0 Å². The van der Waals surface area contributed by atoms with Gasteiger partial charge >= 0.3 is 0 Å². The van der Waals surface area contributed by atoms with Gasteiger partial charge in [0.2, 0.25) is 0 Å². The van der Waals surface area contributed by atoms with E-state index in [1.807, 2.05) is 6.07 Å². The SMILES string of the molecule is OCCN(Cc1ccc(F)c2cccnc12)C1CCC1. The first-order valence-electron chi connectivity index (χ1n) is 7.16. The molecule has 0 saturated heterocycles. The molecule has 4 heteroatoms. The Bertz CT molecular complexity index is 598. The molecule has 0 spiro atoms. The fourth-order valence-electron chi connectivity index (χ4n) is 2.81. The largest absolute Gasteiger partial charge is 0.395 e. The summed E-state index contributed by atoms with van der Waals surface area (Å²) >= 11 is 0. The van der Waals surface area contributed by atoms with Gasteiger partial charge in [-0.1, -0.05) is 12.5 Å². The van der Waals surface area contributed by atoms with Crippen LogP contribution in [0.3, 0.4) is 0 Å². The summed E-state index contributed by atoms with van der Waals surface area (Å²) in [6.07, 6.45) is 5.33. The molecular weight excluding hydrogens is 255 g/mol. The molecule has 1 N–H and O–H groups in total. The summed E-state index contributed by atoms with van der Waals surface area (Å²) in [5, 5.41) is 9.80. The molecule has 0 bridgehead atoms. The predicted molar refractivity (Wildman–Crippen MR) is 76.8 cm³/mol. The Labute approximate surface area is 118 Å². The molecule has 1 aromatic heterocycles. The molecule has 0 aliphatic heterocycles. The molecule has 0 radical (unpaired) electrons. The van der Waals surface area contributed by atoms with E-state index in [4.69, 9.17) is 0 Å². The minimum absolute atomic E-state index is 0.156. The molecule has 3 nitrogen and oxygen atoms in total. The van der Waals surface area contributed by atoms with Crippen LogP contribution in [0.25, 0.3) is 10.9 Å². The first-order valence-corrected chi connectivity index (χ1v) is 7.16. The van der Waals surface area contributed by atoms with Crippen LogP contribution in [0.4, 0.5) is 4.39 Å². The molecule has 106 valence electrons. The third-order valence-electron chi connectivity index (χ3n) is 4.15.